The summed E-state index contributed by atoms with van der Waals surface area (Å²) in [6, 6.07) is 6.99. The maximum atomic E-state index is 12.1. The van der Waals surface area contributed by atoms with Crippen LogP contribution in [-0.4, -0.2) is 16.8 Å². The topological polar surface area (TPSA) is 71.1 Å². The van der Waals surface area contributed by atoms with Gasteiger partial charge in [0.2, 0.25) is 0 Å². The smallest absolute Gasteiger partial charge is 0.313 e. The zero-order valence-electron chi connectivity index (χ0n) is 14.6. The van der Waals surface area contributed by atoms with Gasteiger partial charge in [-0.1, -0.05) is 32.9 Å². The molecule has 0 radical (unpaired) electrons. The van der Waals surface area contributed by atoms with Crippen LogP contribution in [-0.2, 0) is 15.0 Å². The molecule has 2 aromatic rings. The van der Waals surface area contributed by atoms with Crippen molar-refractivity contribution in [1.82, 2.24) is 10.3 Å². The van der Waals surface area contributed by atoms with Gasteiger partial charge in [-0.2, -0.15) is 0 Å². The zero-order valence-corrected chi connectivity index (χ0v) is 15.5. The molecular weight excluding hydrogens is 322 g/mol. The molecule has 5 nitrogen and oxygen atoms in total. The molecule has 0 saturated carbocycles. The van der Waals surface area contributed by atoms with E-state index in [4.69, 9.17) is 0 Å². The van der Waals surface area contributed by atoms with E-state index in [0.717, 1.165) is 16.3 Å². The number of anilines is 1. The van der Waals surface area contributed by atoms with Gasteiger partial charge in [0.15, 0.2) is 0 Å². The molecule has 6 heteroatoms. The number of nitrogens with zero attached hydrogens (tertiary/aromatic N) is 1. The summed E-state index contributed by atoms with van der Waals surface area (Å²) in [5.41, 5.74) is 2.56. The zero-order chi connectivity index (χ0) is 17.9. The molecule has 1 aromatic carbocycles. The molecule has 0 aliphatic heterocycles. The quantitative estimate of drug-likeness (QED) is 0.836. The molecule has 2 amide bonds. The van der Waals surface area contributed by atoms with Crippen molar-refractivity contribution in [2.75, 3.05) is 5.32 Å². The van der Waals surface area contributed by atoms with Crippen LogP contribution in [0.15, 0.2) is 29.6 Å². The van der Waals surface area contributed by atoms with Crippen LogP contribution in [0.1, 0.15) is 50.0 Å². The van der Waals surface area contributed by atoms with E-state index in [1.165, 1.54) is 11.3 Å². The van der Waals surface area contributed by atoms with E-state index in [1.54, 1.807) is 6.07 Å². The largest absolute Gasteiger partial charge is 0.339 e. The van der Waals surface area contributed by atoms with Crippen LogP contribution in [0.4, 0.5) is 5.69 Å². The molecule has 1 aromatic heterocycles. The molecule has 0 spiro atoms. The number of nitrogens with one attached hydrogen (secondary N) is 2. The van der Waals surface area contributed by atoms with Crippen molar-refractivity contribution in [3.63, 3.8) is 0 Å². The van der Waals surface area contributed by atoms with E-state index in [2.05, 4.69) is 36.4 Å². The molecule has 0 saturated heterocycles. The van der Waals surface area contributed by atoms with Gasteiger partial charge in [-0.3, -0.25) is 9.59 Å². The molecule has 1 heterocycles. The number of aromatic nitrogens is 1. The summed E-state index contributed by atoms with van der Waals surface area (Å²) < 4.78 is 0. The second kappa shape index (κ2) is 7.13. The highest BCUT2D eigenvalue weighted by Crippen LogP contribution is 2.26. The molecule has 0 bridgehead atoms. The molecule has 128 valence electrons. The number of hydrogen-bond acceptors (Lipinski definition) is 4. The molecule has 2 rings (SSSR count). The third-order valence-electron chi connectivity index (χ3n) is 3.49. The van der Waals surface area contributed by atoms with Crippen LogP contribution in [0.5, 0.6) is 0 Å². The molecule has 1 atom stereocenters. The van der Waals surface area contributed by atoms with Crippen molar-refractivity contribution < 1.29 is 9.59 Å². The van der Waals surface area contributed by atoms with E-state index in [9.17, 15) is 9.59 Å². The summed E-state index contributed by atoms with van der Waals surface area (Å²) in [6.07, 6.45) is 0. The number of aryl methyl sites for hydroxylation is 1. The molecule has 0 unspecified atom stereocenters. The summed E-state index contributed by atoms with van der Waals surface area (Å²) in [4.78, 5) is 28.6. The number of thiazole rings is 1. The highest BCUT2D eigenvalue weighted by molar-refractivity contribution is 7.09. The van der Waals surface area contributed by atoms with E-state index in [-0.39, 0.29) is 11.5 Å². The van der Waals surface area contributed by atoms with Crippen LogP contribution in [0.3, 0.4) is 0 Å². The number of carbonyl (C=O) groups excluding carboxylic acids is 2. The number of carbonyl (C=O) groups is 2. The molecule has 0 fully saturated rings. The number of benzene rings is 1. The normalized spacial score (nSPS) is 12.5. The Balaban J connectivity index is 1.98. The van der Waals surface area contributed by atoms with Gasteiger partial charge < -0.3 is 10.6 Å². The average Bonchev–Trinajstić information content (AvgIpc) is 2.97. The Morgan fingerprint density at radius 2 is 1.92 bits per heavy atom. The monoisotopic (exact) mass is 345 g/mol. The maximum Gasteiger partial charge on any atom is 0.313 e. The highest BCUT2D eigenvalue weighted by atomic mass is 32.1. The first kappa shape index (κ1) is 18.1. The van der Waals surface area contributed by atoms with Crippen molar-refractivity contribution >= 4 is 28.8 Å². The fourth-order valence-electron chi connectivity index (χ4n) is 2.07. The third kappa shape index (κ3) is 4.64. The fraction of sp³-hybridized carbons (Fsp3) is 0.389. The number of hydrogen-bond donors (Lipinski definition) is 2. The van der Waals surface area contributed by atoms with Gasteiger partial charge in [-0.05, 0) is 31.5 Å². The van der Waals surface area contributed by atoms with Gasteiger partial charge in [0.1, 0.15) is 5.01 Å². The minimum absolute atomic E-state index is 0.0407. The summed E-state index contributed by atoms with van der Waals surface area (Å²) in [7, 11) is 0. The maximum absolute atomic E-state index is 12.1. The van der Waals surface area contributed by atoms with Gasteiger partial charge >= 0.3 is 11.8 Å². The predicted molar refractivity (Wildman–Crippen MR) is 97.2 cm³/mol. The van der Waals surface area contributed by atoms with Crippen LogP contribution in [0.25, 0.3) is 0 Å². The average molecular weight is 345 g/mol. The Morgan fingerprint density at radius 1 is 1.21 bits per heavy atom. The van der Waals surface area contributed by atoms with Gasteiger partial charge in [0, 0.05) is 16.5 Å². The molecule has 2 N–H and O–H groups in total. The van der Waals surface area contributed by atoms with E-state index < -0.39 is 11.8 Å². The standard InChI is InChI=1S/C18H23N3O2S/c1-11-7-6-8-13(9-11)20-16(23)15(22)19-12(2)17-21-14(10-24-17)18(3,4)5/h6-10,12H,1-5H3,(H,19,22)(H,20,23)/t12-/m0/s1. The van der Waals surface area contributed by atoms with E-state index >= 15 is 0 Å². The van der Waals surface area contributed by atoms with Crippen LogP contribution in [0, 0.1) is 6.92 Å². The second-order valence-electron chi connectivity index (χ2n) is 6.84. The van der Waals surface area contributed by atoms with Crippen molar-refractivity contribution in [2.45, 2.75) is 46.1 Å². The molecule has 0 aliphatic carbocycles. The lowest BCUT2D eigenvalue weighted by Crippen LogP contribution is -2.36. The first-order valence-electron chi connectivity index (χ1n) is 7.81. The van der Waals surface area contributed by atoms with E-state index in [1.807, 2.05) is 37.4 Å². The summed E-state index contributed by atoms with van der Waals surface area (Å²) >= 11 is 1.49. The van der Waals surface area contributed by atoms with Crippen molar-refractivity contribution in [2.24, 2.45) is 0 Å². The minimum atomic E-state index is -0.681. The number of amides is 2. The van der Waals surface area contributed by atoms with Gasteiger partial charge in [-0.15, -0.1) is 11.3 Å². The van der Waals surface area contributed by atoms with Crippen LogP contribution in [0.2, 0.25) is 0 Å². The van der Waals surface area contributed by atoms with Gasteiger partial charge in [-0.25, -0.2) is 4.98 Å². The van der Waals surface area contributed by atoms with Crippen molar-refractivity contribution in [3.8, 4) is 0 Å². The Kier molecular flexibility index (Phi) is 5.39. The van der Waals surface area contributed by atoms with Crippen LogP contribution >= 0.6 is 11.3 Å². The Labute approximate surface area is 146 Å². The highest BCUT2D eigenvalue weighted by Gasteiger charge is 2.22. The summed E-state index contributed by atoms with van der Waals surface area (Å²) in [5, 5.41) is 8.07. The summed E-state index contributed by atoms with van der Waals surface area (Å²) in [5.74, 6) is -1.35. The predicted octanol–water partition coefficient (Wildman–Crippen LogP) is 3.56. The van der Waals surface area contributed by atoms with Crippen LogP contribution < -0.4 is 10.6 Å². The minimum Gasteiger partial charge on any atom is -0.339 e. The SMILES string of the molecule is Cc1cccc(NC(=O)C(=O)N[C@@H](C)c2nc(C(C)(C)C)cs2)c1. The Morgan fingerprint density at radius 3 is 2.50 bits per heavy atom. The third-order valence-corrected chi connectivity index (χ3v) is 4.52. The number of rotatable bonds is 3. The first-order valence-corrected chi connectivity index (χ1v) is 8.69. The lowest BCUT2D eigenvalue weighted by Gasteiger charge is -2.15. The fourth-order valence-corrected chi connectivity index (χ4v) is 3.12. The Bertz CT molecular complexity index is 747. The van der Waals surface area contributed by atoms with Gasteiger partial charge in [0.05, 0.1) is 11.7 Å². The second-order valence-corrected chi connectivity index (χ2v) is 7.73. The van der Waals surface area contributed by atoms with E-state index in [0.29, 0.717) is 5.69 Å². The van der Waals surface area contributed by atoms with Crippen molar-refractivity contribution in [3.05, 3.63) is 45.9 Å². The Hall–Kier alpha value is -2.21. The molecule has 0 aliphatic rings. The first-order chi connectivity index (χ1) is 11.2. The lowest BCUT2D eigenvalue weighted by atomic mass is 9.93. The molecule has 24 heavy (non-hydrogen) atoms. The lowest BCUT2D eigenvalue weighted by molar-refractivity contribution is -0.136. The summed E-state index contributed by atoms with van der Waals surface area (Å²) in [6.45, 7) is 10.0. The molecular formula is C18H23N3O2S. The van der Waals surface area contributed by atoms with Crippen molar-refractivity contribution in [1.29, 1.82) is 0 Å². The van der Waals surface area contributed by atoms with Gasteiger partial charge in [0.25, 0.3) is 0 Å².